The Morgan fingerprint density at radius 3 is 2.70 bits per heavy atom. The average Bonchev–Trinajstić information content (AvgIpc) is 2.57. The summed E-state index contributed by atoms with van der Waals surface area (Å²) in [4.78, 5) is 4.53. The predicted molar refractivity (Wildman–Crippen MR) is 95.1 cm³/mol. The average molecular weight is 315 g/mol. The summed E-state index contributed by atoms with van der Waals surface area (Å²) in [5.41, 5.74) is 2.05. The number of rotatable bonds is 8. The molecule has 0 aliphatic carbocycles. The van der Waals surface area contributed by atoms with Crippen molar-refractivity contribution < 1.29 is 9.47 Å². The number of hydrogen-bond donors (Lipinski definition) is 2. The van der Waals surface area contributed by atoms with Gasteiger partial charge in [-0.25, -0.2) is 4.99 Å². The number of ether oxygens (including phenoxy) is 2. The molecule has 1 rings (SSSR count). The third kappa shape index (κ3) is 5.59. The van der Waals surface area contributed by atoms with Crippen molar-refractivity contribution in [1.29, 1.82) is 0 Å². The summed E-state index contributed by atoms with van der Waals surface area (Å²) in [5.74, 6) is 4.65. The summed E-state index contributed by atoms with van der Waals surface area (Å²) in [6.45, 7) is 7.49. The van der Waals surface area contributed by atoms with E-state index in [4.69, 9.17) is 15.9 Å². The SMILES string of the molecule is C#CCNC(=NCc1cc(CC=C)c(OC)c(OC)c1)NCC. The van der Waals surface area contributed by atoms with Crippen molar-refractivity contribution in [2.45, 2.75) is 19.9 Å². The van der Waals surface area contributed by atoms with Gasteiger partial charge in [-0.1, -0.05) is 12.0 Å². The van der Waals surface area contributed by atoms with E-state index in [-0.39, 0.29) is 0 Å². The van der Waals surface area contributed by atoms with Crippen molar-refractivity contribution in [2.24, 2.45) is 4.99 Å². The van der Waals surface area contributed by atoms with Gasteiger partial charge in [-0.05, 0) is 31.0 Å². The minimum Gasteiger partial charge on any atom is -0.493 e. The maximum absolute atomic E-state index is 5.44. The highest BCUT2D eigenvalue weighted by Gasteiger charge is 2.11. The van der Waals surface area contributed by atoms with Gasteiger partial charge in [-0.3, -0.25) is 0 Å². The second-order valence-electron chi connectivity index (χ2n) is 4.74. The van der Waals surface area contributed by atoms with Gasteiger partial charge in [-0.2, -0.15) is 0 Å². The molecule has 0 spiro atoms. The highest BCUT2D eigenvalue weighted by molar-refractivity contribution is 5.80. The Kier molecular flexibility index (Phi) is 8.16. The van der Waals surface area contributed by atoms with E-state index in [1.165, 1.54) is 0 Å². The molecule has 0 amide bonds. The number of allylic oxidation sites excluding steroid dienone is 1. The summed E-state index contributed by atoms with van der Waals surface area (Å²) in [5, 5.41) is 6.21. The van der Waals surface area contributed by atoms with Crippen LogP contribution in [0.4, 0.5) is 0 Å². The van der Waals surface area contributed by atoms with Gasteiger partial charge in [0.1, 0.15) is 0 Å². The highest BCUT2D eigenvalue weighted by atomic mass is 16.5. The van der Waals surface area contributed by atoms with Crippen LogP contribution in [0.5, 0.6) is 11.5 Å². The fourth-order valence-electron chi connectivity index (χ4n) is 2.15. The first-order chi connectivity index (χ1) is 11.2. The normalized spacial score (nSPS) is 10.6. The quantitative estimate of drug-likeness (QED) is 0.334. The minimum absolute atomic E-state index is 0.430. The molecular weight excluding hydrogens is 290 g/mol. The molecule has 0 saturated heterocycles. The van der Waals surface area contributed by atoms with Crippen LogP contribution in [0.2, 0.25) is 0 Å². The van der Waals surface area contributed by atoms with Crippen molar-refractivity contribution in [3.63, 3.8) is 0 Å². The second kappa shape index (κ2) is 10.2. The summed E-state index contributed by atoms with van der Waals surface area (Å²) in [6.07, 6.45) is 7.81. The molecule has 1 aromatic carbocycles. The van der Waals surface area contributed by atoms with Crippen LogP contribution in [-0.2, 0) is 13.0 Å². The lowest BCUT2D eigenvalue weighted by Gasteiger charge is -2.14. The Labute approximate surface area is 138 Å². The number of terminal acetylenes is 1. The lowest BCUT2D eigenvalue weighted by Crippen LogP contribution is -2.37. The van der Waals surface area contributed by atoms with E-state index in [0.717, 1.165) is 23.4 Å². The Morgan fingerprint density at radius 2 is 2.13 bits per heavy atom. The molecule has 0 unspecified atom stereocenters. The van der Waals surface area contributed by atoms with Gasteiger partial charge in [0, 0.05) is 12.1 Å². The second-order valence-corrected chi connectivity index (χ2v) is 4.74. The molecule has 5 heteroatoms. The number of nitrogens with zero attached hydrogens (tertiary/aromatic N) is 1. The van der Waals surface area contributed by atoms with Gasteiger partial charge in [-0.15, -0.1) is 13.0 Å². The molecule has 0 heterocycles. The van der Waals surface area contributed by atoms with Crippen LogP contribution in [0, 0.1) is 12.3 Å². The molecule has 0 aliphatic heterocycles. The highest BCUT2D eigenvalue weighted by Crippen LogP contribution is 2.33. The third-order valence-electron chi connectivity index (χ3n) is 3.10. The summed E-state index contributed by atoms with van der Waals surface area (Å²) in [6, 6.07) is 3.98. The lowest BCUT2D eigenvalue weighted by molar-refractivity contribution is 0.352. The molecule has 124 valence electrons. The predicted octanol–water partition coefficient (Wildman–Crippen LogP) is 2.12. The van der Waals surface area contributed by atoms with Crippen LogP contribution in [-0.4, -0.2) is 33.3 Å². The molecule has 0 saturated carbocycles. The van der Waals surface area contributed by atoms with E-state index in [2.05, 4.69) is 34.2 Å². The molecule has 5 nitrogen and oxygen atoms in total. The first-order valence-electron chi connectivity index (χ1n) is 7.50. The minimum atomic E-state index is 0.430. The van der Waals surface area contributed by atoms with Crippen molar-refractivity contribution in [2.75, 3.05) is 27.3 Å². The Morgan fingerprint density at radius 1 is 1.35 bits per heavy atom. The topological polar surface area (TPSA) is 54.9 Å². The van der Waals surface area contributed by atoms with Crippen LogP contribution in [0.25, 0.3) is 0 Å². The van der Waals surface area contributed by atoms with Gasteiger partial charge >= 0.3 is 0 Å². The van der Waals surface area contributed by atoms with E-state index >= 15 is 0 Å². The number of nitrogens with one attached hydrogen (secondary N) is 2. The largest absolute Gasteiger partial charge is 0.493 e. The van der Waals surface area contributed by atoms with E-state index in [1.807, 2.05) is 19.1 Å². The molecule has 23 heavy (non-hydrogen) atoms. The van der Waals surface area contributed by atoms with Crippen LogP contribution in [0.15, 0.2) is 29.8 Å². The van der Waals surface area contributed by atoms with Crippen LogP contribution >= 0.6 is 0 Å². The monoisotopic (exact) mass is 315 g/mol. The van der Waals surface area contributed by atoms with E-state index in [1.54, 1.807) is 14.2 Å². The first kappa shape index (κ1) is 18.4. The molecular formula is C18H25N3O2. The number of methoxy groups -OCH3 is 2. The van der Waals surface area contributed by atoms with Gasteiger partial charge in [0.15, 0.2) is 17.5 Å². The fraction of sp³-hybridized carbons (Fsp3) is 0.389. The molecule has 0 aromatic heterocycles. The van der Waals surface area contributed by atoms with E-state index in [9.17, 15) is 0 Å². The van der Waals surface area contributed by atoms with Gasteiger partial charge < -0.3 is 20.1 Å². The smallest absolute Gasteiger partial charge is 0.192 e. The maximum Gasteiger partial charge on any atom is 0.192 e. The van der Waals surface area contributed by atoms with Crippen molar-refractivity contribution >= 4 is 5.96 Å². The van der Waals surface area contributed by atoms with Crippen molar-refractivity contribution in [3.8, 4) is 23.8 Å². The zero-order chi connectivity index (χ0) is 17.1. The summed E-state index contributed by atoms with van der Waals surface area (Å²) < 4.78 is 10.9. The van der Waals surface area contributed by atoms with Crippen molar-refractivity contribution in [1.82, 2.24) is 10.6 Å². The zero-order valence-corrected chi connectivity index (χ0v) is 14.1. The number of benzene rings is 1. The van der Waals surface area contributed by atoms with Crippen LogP contribution in [0.1, 0.15) is 18.1 Å². The van der Waals surface area contributed by atoms with Gasteiger partial charge in [0.25, 0.3) is 0 Å². The molecule has 2 N–H and O–H groups in total. The number of aliphatic imine (C=N–C) groups is 1. The summed E-state index contributed by atoms with van der Waals surface area (Å²) >= 11 is 0. The van der Waals surface area contributed by atoms with E-state index < -0.39 is 0 Å². The molecule has 0 radical (unpaired) electrons. The number of hydrogen-bond acceptors (Lipinski definition) is 3. The van der Waals surface area contributed by atoms with Gasteiger partial charge in [0.05, 0.1) is 27.3 Å². The fourth-order valence-corrected chi connectivity index (χ4v) is 2.15. The zero-order valence-electron chi connectivity index (χ0n) is 14.1. The maximum atomic E-state index is 5.44. The van der Waals surface area contributed by atoms with Crippen LogP contribution in [0.3, 0.4) is 0 Å². The Bertz CT molecular complexity index is 589. The molecule has 0 aliphatic rings. The molecule has 1 aromatic rings. The molecule has 0 atom stereocenters. The first-order valence-corrected chi connectivity index (χ1v) is 7.50. The van der Waals surface area contributed by atoms with Crippen LogP contribution < -0.4 is 20.1 Å². The summed E-state index contributed by atoms with van der Waals surface area (Å²) in [7, 11) is 3.26. The van der Waals surface area contributed by atoms with Gasteiger partial charge in [0.2, 0.25) is 0 Å². The Balaban J connectivity index is 3.04. The standard InChI is InChI=1S/C18H25N3O2/c1-6-9-15-11-14(12-16(22-4)17(15)23-5)13-21-18(19-8-3)20-10-7-2/h2,6,11-12H,1,8-10,13H2,3-5H3,(H2,19,20,21). The number of guanidine groups is 1. The third-order valence-corrected chi connectivity index (χ3v) is 3.10. The lowest BCUT2D eigenvalue weighted by atomic mass is 10.1. The Hall–Kier alpha value is -2.61. The molecule has 0 fully saturated rings. The molecule has 0 bridgehead atoms. The van der Waals surface area contributed by atoms with E-state index in [0.29, 0.717) is 31.2 Å². The van der Waals surface area contributed by atoms with Crippen molar-refractivity contribution in [3.05, 3.63) is 35.9 Å².